The fourth-order valence-corrected chi connectivity index (χ4v) is 5.26. The number of nitrogens with two attached hydrogens (primary N) is 1. The SMILES string of the molecule is CN1c2ccccc2C2=C(C(c3cccc(Cl)c3)C(C#N)=C(N)O2)S1(=O)=O. The number of halogens is 1. The lowest BCUT2D eigenvalue weighted by Gasteiger charge is -2.36. The minimum atomic E-state index is -3.95. The minimum absolute atomic E-state index is 0.0169. The van der Waals surface area contributed by atoms with Crippen molar-refractivity contribution in [2.75, 3.05) is 11.4 Å². The van der Waals surface area contributed by atoms with Crippen molar-refractivity contribution in [1.82, 2.24) is 0 Å². The molecule has 6 nitrogen and oxygen atoms in total. The van der Waals surface area contributed by atoms with Gasteiger partial charge in [0.15, 0.2) is 5.76 Å². The third kappa shape index (κ3) is 2.49. The number of nitrogens with zero attached hydrogens (tertiary/aromatic N) is 2. The van der Waals surface area contributed by atoms with Gasteiger partial charge in [0.2, 0.25) is 5.88 Å². The third-order valence-corrected chi connectivity index (χ3v) is 6.81. The van der Waals surface area contributed by atoms with E-state index >= 15 is 0 Å². The van der Waals surface area contributed by atoms with E-state index in [9.17, 15) is 13.7 Å². The lowest BCUT2D eigenvalue weighted by atomic mass is 9.88. The number of anilines is 1. The number of benzene rings is 2. The molecular formula is C19H14ClN3O3S. The van der Waals surface area contributed by atoms with Crippen LogP contribution in [0.3, 0.4) is 0 Å². The number of sulfonamides is 1. The predicted molar refractivity (Wildman–Crippen MR) is 103 cm³/mol. The van der Waals surface area contributed by atoms with Crippen molar-refractivity contribution in [2.45, 2.75) is 5.92 Å². The molecule has 8 heteroatoms. The van der Waals surface area contributed by atoms with Crippen molar-refractivity contribution in [3.63, 3.8) is 0 Å². The molecule has 0 bridgehead atoms. The average molecular weight is 400 g/mol. The lowest BCUT2D eigenvalue weighted by Crippen LogP contribution is -2.37. The van der Waals surface area contributed by atoms with Crippen LogP contribution in [0.4, 0.5) is 5.69 Å². The normalized spacial score (nSPS) is 20.5. The molecule has 1 unspecified atom stereocenters. The van der Waals surface area contributed by atoms with Crippen LogP contribution in [-0.2, 0) is 14.8 Å². The summed E-state index contributed by atoms with van der Waals surface area (Å²) in [5.41, 5.74) is 7.66. The third-order valence-electron chi connectivity index (χ3n) is 4.68. The van der Waals surface area contributed by atoms with Gasteiger partial charge in [0.05, 0.1) is 11.6 Å². The molecule has 2 heterocycles. The largest absolute Gasteiger partial charge is 0.439 e. The zero-order chi connectivity index (χ0) is 19.3. The number of hydrogen-bond donors (Lipinski definition) is 1. The smallest absolute Gasteiger partial charge is 0.264 e. The first kappa shape index (κ1) is 17.5. The van der Waals surface area contributed by atoms with Crippen LogP contribution in [0.25, 0.3) is 5.76 Å². The van der Waals surface area contributed by atoms with E-state index in [-0.39, 0.29) is 22.1 Å². The van der Waals surface area contributed by atoms with Gasteiger partial charge in [0.25, 0.3) is 10.0 Å². The Kier molecular flexibility index (Phi) is 3.91. The molecule has 0 saturated carbocycles. The summed E-state index contributed by atoms with van der Waals surface area (Å²) in [5, 5.41) is 10.1. The molecule has 1 atom stereocenters. The van der Waals surface area contributed by atoms with E-state index in [2.05, 4.69) is 0 Å². The molecular weight excluding hydrogens is 386 g/mol. The van der Waals surface area contributed by atoms with Gasteiger partial charge in [-0.05, 0) is 29.8 Å². The lowest BCUT2D eigenvalue weighted by molar-refractivity contribution is 0.357. The molecule has 4 rings (SSSR count). The molecule has 0 amide bonds. The molecule has 0 saturated heterocycles. The number of hydrogen-bond acceptors (Lipinski definition) is 5. The maximum Gasteiger partial charge on any atom is 0.264 e. The van der Waals surface area contributed by atoms with Crippen molar-refractivity contribution in [2.24, 2.45) is 5.73 Å². The van der Waals surface area contributed by atoms with Crippen LogP contribution in [-0.4, -0.2) is 15.5 Å². The topological polar surface area (TPSA) is 96.4 Å². The van der Waals surface area contributed by atoms with E-state index in [1.165, 1.54) is 11.4 Å². The number of ether oxygens (including phenoxy) is 1. The standard InChI is InChI=1S/C19H14ClN3O3S/c1-23-15-8-3-2-7-13(15)17-18(27(23,24)25)16(14(10-21)19(22)26-17)11-5-4-6-12(20)9-11/h2-9,16H,22H2,1H3. The number of rotatable bonds is 1. The van der Waals surface area contributed by atoms with E-state index in [1.54, 1.807) is 48.5 Å². The Morgan fingerprint density at radius 3 is 2.67 bits per heavy atom. The molecule has 2 aliphatic rings. The molecule has 0 fully saturated rings. The Hall–Kier alpha value is -2.95. The highest BCUT2D eigenvalue weighted by molar-refractivity contribution is 7.96. The van der Waals surface area contributed by atoms with E-state index in [0.717, 1.165) is 0 Å². The number of para-hydroxylation sites is 1. The molecule has 27 heavy (non-hydrogen) atoms. The molecule has 2 aliphatic heterocycles. The second kappa shape index (κ2) is 6.05. The van der Waals surface area contributed by atoms with Crippen molar-refractivity contribution >= 4 is 33.1 Å². The van der Waals surface area contributed by atoms with Gasteiger partial charge >= 0.3 is 0 Å². The first-order chi connectivity index (χ1) is 12.9. The van der Waals surface area contributed by atoms with Gasteiger partial charge < -0.3 is 10.5 Å². The van der Waals surface area contributed by atoms with Crippen LogP contribution in [0, 0.1) is 11.3 Å². The highest BCUT2D eigenvalue weighted by Gasteiger charge is 2.46. The van der Waals surface area contributed by atoms with E-state index in [0.29, 0.717) is 21.8 Å². The van der Waals surface area contributed by atoms with Gasteiger partial charge in [-0.2, -0.15) is 5.26 Å². The molecule has 2 aromatic carbocycles. The van der Waals surface area contributed by atoms with Gasteiger partial charge in [0, 0.05) is 17.6 Å². The van der Waals surface area contributed by atoms with Crippen molar-refractivity contribution < 1.29 is 13.2 Å². The van der Waals surface area contributed by atoms with Crippen molar-refractivity contribution in [3.05, 3.63) is 81.0 Å². The summed E-state index contributed by atoms with van der Waals surface area (Å²) >= 11 is 6.11. The summed E-state index contributed by atoms with van der Waals surface area (Å²) in [6, 6.07) is 15.7. The fourth-order valence-electron chi connectivity index (χ4n) is 3.41. The first-order valence-corrected chi connectivity index (χ1v) is 9.83. The average Bonchev–Trinajstić information content (AvgIpc) is 2.65. The number of fused-ring (bicyclic) bond motifs is 2. The Balaban J connectivity index is 2.09. The molecule has 2 aromatic rings. The van der Waals surface area contributed by atoms with Gasteiger partial charge in [0.1, 0.15) is 16.5 Å². The summed E-state index contributed by atoms with van der Waals surface area (Å²) in [4.78, 5) is -0.0169. The van der Waals surface area contributed by atoms with Crippen LogP contribution in [0.15, 0.2) is 64.9 Å². The van der Waals surface area contributed by atoms with Gasteiger partial charge in [-0.15, -0.1) is 0 Å². The van der Waals surface area contributed by atoms with Gasteiger partial charge in [-0.3, -0.25) is 4.31 Å². The molecule has 0 aromatic heterocycles. The Labute approximate surface area is 161 Å². The second-order valence-electron chi connectivity index (χ2n) is 6.16. The van der Waals surface area contributed by atoms with Crippen LogP contribution in [0.1, 0.15) is 17.0 Å². The molecule has 136 valence electrons. The monoisotopic (exact) mass is 399 g/mol. The Bertz CT molecular complexity index is 1180. The molecule has 0 spiro atoms. The van der Waals surface area contributed by atoms with E-state index < -0.39 is 15.9 Å². The molecule has 0 radical (unpaired) electrons. The minimum Gasteiger partial charge on any atom is -0.439 e. The Morgan fingerprint density at radius 1 is 1.22 bits per heavy atom. The predicted octanol–water partition coefficient (Wildman–Crippen LogP) is 3.30. The summed E-state index contributed by atoms with van der Waals surface area (Å²) in [6.45, 7) is 0. The number of allylic oxidation sites excluding steroid dienone is 2. The summed E-state index contributed by atoms with van der Waals surface area (Å²) in [6.07, 6.45) is 0. The maximum atomic E-state index is 13.3. The number of nitriles is 1. The van der Waals surface area contributed by atoms with Crippen LogP contribution >= 0.6 is 11.6 Å². The maximum absolute atomic E-state index is 13.3. The first-order valence-electron chi connectivity index (χ1n) is 8.02. The van der Waals surface area contributed by atoms with Crippen LogP contribution in [0.5, 0.6) is 0 Å². The summed E-state index contributed by atoms with van der Waals surface area (Å²) in [7, 11) is -2.48. The summed E-state index contributed by atoms with van der Waals surface area (Å²) < 4.78 is 33.5. The highest BCUT2D eigenvalue weighted by atomic mass is 35.5. The molecule has 0 aliphatic carbocycles. The van der Waals surface area contributed by atoms with Gasteiger partial charge in [-0.1, -0.05) is 35.9 Å². The van der Waals surface area contributed by atoms with Crippen molar-refractivity contribution in [1.29, 1.82) is 5.26 Å². The van der Waals surface area contributed by atoms with E-state index in [1.807, 2.05) is 6.07 Å². The highest BCUT2D eigenvalue weighted by Crippen LogP contribution is 2.50. The molecule has 2 N–H and O–H groups in total. The fraction of sp³-hybridized carbons (Fsp3) is 0.105. The van der Waals surface area contributed by atoms with Crippen LogP contribution in [0.2, 0.25) is 5.02 Å². The summed E-state index contributed by atoms with van der Waals surface area (Å²) in [5.74, 6) is -0.876. The second-order valence-corrected chi connectivity index (χ2v) is 8.54. The Morgan fingerprint density at radius 2 is 1.96 bits per heavy atom. The van der Waals surface area contributed by atoms with Crippen molar-refractivity contribution in [3.8, 4) is 6.07 Å². The van der Waals surface area contributed by atoms with E-state index in [4.69, 9.17) is 22.1 Å². The van der Waals surface area contributed by atoms with Crippen LogP contribution < -0.4 is 10.0 Å². The zero-order valence-electron chi connectivity index (χ0n) is 14.2. The quantitative estimate of drug-likeness (QED) is 0.793. The zero-order valence-corrected chi connectivity index (χ0v) is 15.8. The van der Waals surface area contributed by atoms with Gasteiger partial charge in [-0.25, -0.2) is 8.42 Å².